The lowest BCUT2D eigenvalue weighted by atomic mass is 9.95. The number of carbonyl (C=O) groups excluding carboxylic acids is 4. The van der Waals surface area contributed by atoms with E-state index in [9.17, 15) is 23.7 Å². The van der Waals surface area contributed by atoms with Gasteiger partial charge in [0.1, 0.15) is 17.9 Å². The summed E-state index contributed by atoms with van der Waals surface area (Å²) in [5.41, 5.74) is 0. The van der Waals surface area contributed by atoms with Gasteiger partial charge in [0.2, 0.25) is 6.29 Å². The fourth-order valence-electron chi connectivity index (χ4n) is 3.89. The number of carbonyl (C=O) groups is 4. The van der Waals surface area contributed by atoms with Crippen molar-refractivity contribution in [1.29, 1.82) is 0 Å². The highest BCUT2D eigenvalue weighted by Crippen LogP contribution is 2.48. The quantitative estimate of drug-likeness (QED) is 0.183. The van der Waals surface area contributed by atoms with Crippen LogP contribution in [0, 0.1) is 0 Å². The van der Waals surface area contributed by atoms with E-state index in [1.165, 1.54) is 26.2 Å². The maximum absolute atomic E-state index is 15.4. The van der Waals surface area contributed by atoms with Gasteiger partial charge in [0.05, 0.1) is 12.7 Å². The van der Waals surface area contributed by atoms with Gasteiger partial charge in [0.15, 0.2) is 24.5 Å². The van der Waals surface area contributed by atoms with Crippen LogP contribution in [-0.4, -0.2) is 86.6 Å². The second kappa shape index (κ2) is 15.9. The van der Waals surface area contributed by atoms with E-state index < -0.39 is 87.3 Å². The number of benzene rings is 1. The van der Waals surface area contributed by atoms with E-state index in [1.54, 1.807) is 32.0 Å². The maximum atomic E-state index is 15.4. The van der Waals surface area contributed by atoms with Crippen molar-refractivity contribution in [2.24, 2.45) is 0 Å². The summed E-state index contributed by atoms with van der Waals surface area (Å²) in [5.74, 6) is -3.51. The minimum Gasteiger partial charge on any atom is -0.462 e. The zero-order chi connectivity index (χ0) is 31.6. The third-order valence-electron chi connectivity index (χ3n) is 5.39. The lowest BCUT2D eigenvalue weighted by Gasteiger charge is -2.45. The van der Waals surface area contributed by atoms with E-state index in [2.05, 4.69) is 5.09 Å². The van der Waals surface area contributed by atoms with Crippen molar-refractivity contribution in [3.05, 3.63) is 30.3 Å². The number of alkyl halides is 1. The van der Waals surface area contributed by atoms with Crippen molar-refractivity contribution < 1.29 is 65.6 Å². The van der Waals surface area contributed by atoms with Crippen LogP contribution in [0.25, 0.3) is 0 Å². The summed E-state index contributed by atoms with van der Waals surface area (Å²) in [4.78, 5) is 48.7. The molecule has 1 aliphatic heterocycles. The molecule has 1 aromatic rings. The van der Waals surface area contributed by atoms with Gasteiger partial charge in [0.25, 0.3) is 0 Å². The van der Waals surface area contributed by atoms with E-state index in [0.717, 1.165) is 20.8 Å². The number of para-hydroxylation sites is 1. The van der Waals surface area contributed by atoms with Crippen molar-refractivity contribution in [1.82, 2.24) is 5.09 Å². The first-order valence-corrected chi connectivity index (χ1v) is 14.5. The Balaban J connectivity index is 2.60. The Bertz CT molecular complexity index is 1120. The normalized spacial score (nSPS) is 24.9. The van der Waals surface area contributed by atoms with E-state index in [4.69, 9.17) is 37.5 Å². The maximum Gasteiger partial charge on any atom is 0.461 e. The van der Waals surface area contributed by atoms with Crippen molar-refractivity contribution in [2.45, 2.75) is 90.6 Å². The highest BCUT2D eigenvalue weighted by atomic mass is 31.2. The van der Waals surface area contributed by atoms with Crippen molar-refractivity contribution >= 4 is 31.6 Å². The topological polar surface area (TPSA) is 171 Å². The van der Waals surface area contributed by atoms with Crippen LogP contribution in [0.15, 0.2) is 30.3 Å². The zero-order valence-corrected chi connectivity index (χ0v) is 25.2. The number of ether oxygens (including phenoxy) is 6. The molecule has 42 heavy (non-hydrogen) atoms. The lowest BCUT2D eigenvalue weighted by Crippen LogP contribution is -2.64. The van der Waals surface area contributed by atoms with E-state index >= 15 is 4.39 Å². The number of methoxy groups -OCH3 is 1. The van der Waals surface area contributed by atoms with Gasteiger partial charge in [-0.1, -0.05) is 18.2 Å². The number of hydrogen-bond donors (Lipinski definition) is 1. The monoisotopic (exact) mass is 621 g/mol. The standard InChI is InChI=1S/C26H37FNO13P/c1-14(2)35-25(32)15(3)28-42(33,40-19-11-9-8-10-12-19)41-26-24(38-18(6)31)23(37-17(5)30)22(36-16(4)29)21(39-26)20(27)13-34-7/h8-12,14-15,20-24,26H,13H2,1-7H3,(H,28,33)/t15-,20-,21?,22+,23?,24+,26-,42?/m0/s1. The number of halogens is 1. The molecule has 0 spiro atoms. The summed E-state index contributed by atoms with van der Waals surface area (Å²) in [5, 5.41) is 2.44. The van der Waals surface area contributed by atoms with Crippen LogP contribution in [0.4, 0.5) is 4.39 Å². The molecule has 1 saturated heterocycles. The van der Waals surface area contributed by atoms with Crippen molar-refractivity contribution in [2.75, 3.05) is 13.7 Å². The van der Waals surface area contributed by atoms with Crippen LogP contribution in [0.2, 0.25) is 0 Å². The Morgan fingerprint density at radius 2 is 1.48 bits per heavy atom. The molecule has 1 N–H and O–H groups in total. The molecule has 1 heterocycles. The second-order valence-electron chi connectivity index (χ2n) is 9.51. The Morgan fingerprint density at radius 1 is 0.929 bits per heavy atom. The second-order valence-corrected chi connectivity index (χ2v) is 11.2. The van der Waals surface area contributed by atoms with Gasteiger partial charge in [-0.05, 0) is 32.9 Å². The Kier molecular flexibility index (Phi) is 13.3. The molecule has 8 atom stereocenters. The number of rotatable bonds is 14. The molecule has 0 bridgehead atoms. The highest BCUT2D eigenvalue weighted by Gasteiger charge is 2.56. The van der Waals surface area contributed by atoms with Gasteiger partial charge >= 0.3 is 31.6 Å². The molecule has 0 aromatic heterocycles. The largest absolute Gasteiger partial charge is 0.462 e. The van der Waals surface area contributed by atoms with Gasteiger partial charge < -0.3 is 32.9 Å². The minimum absolute atomic E-state index is 0.0335. The predicted molar refractivity (Wildman–Crippen MR) is 142 cm³/mol. The summed E-state index contributed by atoms with van der Waals surface area (Å²) in [6.07, 6.45) is -11.3. The average molecular weight is 622 g/mol. The molecule has 0 saturated carbocycles. The van der Waals surface area contributed by atoms with Crippen LogP contribution < -0.4 is 9.61 Å². The van der Waals surface area contributed by atoms with E-state index in [1.807, 2.05) is 0 Å². The first-order valence-electron chi connectivity index (χ1n) is 13.0. The fourth-order valence-corrected chi connectivity index (χ4v) is 5.47. The summed E-state index contributed by atoms with van der Waals surface area (Å²) >= 11 is 0. The number of esters is 4. The lowest BCUT2D eigenvalue weighted by molar-refractivity contribution is -0.295. The fraction of sp³-hybridized carbons (Fsp3) is 0.615. The van der Waals surface area contributed by atoms with Gasteiger partial charge in [0, 0.05) is 27.9 Å². The van der Waals surface area contributed by atoms with Crippen LogP contribution in [0.1, 0.15) is 41.5 Å². The molecule has 14 nitrogen and oxygen atoms in total. The van der Waals surface area contributed by atoms with Crippen LogP contribution >= 0.6 is 7.75 Å². The van der Waals surface area contributed by atoms with Crippen LogP contribution in [0.5, 0.6) is 5.75 Å². The van der Waals surface area contributed by atoms with E-state index in [0.29, 0.717) is 0 Å². The summed E-state index contributed by atoms with van der Waals surface area (Å²) < 4.78 is 72.5. The average Bonchev–Trinajstić information content (AvgIpc) is 2.86. The summed E-state index contributed by atoms with van der Waals surface area (Å²) in [6, 6.07) is 6.42. The molecule has 0 aliphatic carbocycles. The summed E-state index contributed by atoms with van der Waals surface area (Å²) in [7, 11) is -3.49. The first-order chi connectivity index (χ1) is 19.7. The summed E-state index contributed by atoms with van der Waals surface area (Å²) in [6.45, 7) is 7.06. The molecular formula is C26H37FNO13P. The Morgan fingerprint density at radius 3 is 2.00 bits per heavy atom. The van der Waals surface area contributed by atoms with Crippen molar-refractivity contribution in [3.63, 3.8) is 0 Å². The smallest absolute Gasteiger partial charge is 0.461 e. The van der Waals surface area contributed by atoms with Crippen LogP contribution in [0.3, 0.4) is 0 Å². The zero-order valence-electron chi connectivity index (χ0n) is 24.3. The van der Waals surface area contributed by atoms with Gasteiger partial charge in [-0.3, -0.25) is 23.7 Å². The molecule has 1 fully saturated rings. The molecule has 0 amide bonds. The van der Waals surface area contributed by atoms with E-state index in [-0.39, 0.29) is 5.75 Å². The minimum atomic E-state index is -4.69. The number of hydrogen-bond acceptors (Lipinski definition) is 13. The third-order valence-corrected chi connectivity index (χ3v) is 7.03. The molecule has 1 aromatic carbocycles. The molecular weight excluding hydrogens is 584 g/mol. The van der Waals surface area contributed by atoms with Gasteiger partial charge in [-0.2, -0.15) is 5.09 Å². The van der Waals surface area contributed by atoms with Crippen LogP contribution in [-0.2, 0) is 56.7 Å². The van der Waals surface area contributed by atoms with Crippen molar-refractivity contribution in [3.8, 4) is 5.75 Å². The van der Waals surface area contributed by atoms with Gasteiger partial charge in [-0.15, -0.1) is 0 Å². The molecule has 236 valence electrons. The highest BCUT2D eigenvalue weighted by molar-refractivity contribution is 7.52. The molecule has 2 rings (SSSR count). The number of nitrogens with one attached hydrogen (secondary N) is 1. The predicted octanol–water partition coefficient (Wildman–Crippen LogP) is 2.62. The SMILES string of the molecule is COC[C@H](F)C1O[C@@H](OP(=O)(N[C@@H](C)C(=O)OC(C)C)Oc2ccccc2)[C@H](OC(C)=O)C(OC(C)=O)[C@@H]1OC(C)=O. The van der Waals surface area contributed by atoms with Gasteiger partial charge in [-0.25, -0.2) is 8.96 Å². The Labute approximate surface area is 243 Å². The molecule has 0 radical (unpaired) electrons. The molecule has 1 aliphatic rings. The first kappa shape index (κ1) is 35.1. The molecule has 16 heteroatoms. The Hall–Kier alpha value is -3.10. The third kappa shape index (κ3) is 10.6. The molecule has 3 unspecified atom stereocenters.